The van der Waals surface area contributed by atoms with Crippen LogP contribution in [-0.2, 0) is 4.79 Å². The first-order chi connectivity index (χ1) is 12.4. The lowest BCUT2D eigenvalue weighted by Crippen LogP contribution is -2.26. The summed E-state index contributed by atoms with van der Waals surface area (Å²) >= 11 is 2.18. The Morgan fingerprint density at radius 1 is 1.31 bits per heavy atom. The van der Waals surface area contributed by atoms with Crippen LogP contribution in [0, 0.1) is 13.7 Å². The van der Waals surface area contributed by atoms with Crippen molar-refractivity contribution in [3.63, 3.8) is 0 Å². The van der Waals surface area contributed by atoms with Crippen LogP contribution in [0.3, 0.4) is 0 Å². The van der Waals surface area contributed by atoms with Gasteiger partial charge in [-0.15, -0.1) is 0 Å². The number of hydrogen-bond acceptors (Lipinski definition) is 6. The first-order valence-corrected chi connectivity index (χ1v) is 8.72. The maximum atomic E-state index is 11.9. The van der Waals surface area contributed by atoms with Gasteiger partial charge in [-0.1, -0.05) is 12.1 Å². The van der Waals surface area contributed by atoms with Gasteiger partial charge in [0, 0.05) is 46.7 Å². The minimum absolute atomic E-state index is 0.0382. The SMILES string of the molecule is CN(C)c1ccc([N+](=O)[O-])cc1/C=N/NC(=O)CNc1ccccc1I. The van der Waals surface area contributed by atoms with Crippen molar-refractivity contribution in [3.8, 4) is 0 Å². The standard InChI is InChI=1S/C17H18IN5O3/c1-22(2)16-8-7-13(23(25)26)9-12(16)10-20-21-17(24)11-19-15-6-4-3-5-14(15)18/h3-10,19H,11H2,1-2H3,(H,21,24)/b20-10+. The fourth-order valence-electron chi connectivity index (χ4n) is 2.16. The minimum atomic E-state index is -0.471. The third-order valence-electron chi connectivity index (χ3n) is 3.41. The first-order valence-electron chi connectivity index (χ1n) is 7.64. The van der Waals surface area contributed by atoms with Gasteiger partial charge in [0.05, 0.1) is 17.7 Å². The molecule has 0 aliphatic rings. The van der Waals surface area contributed by atoms with Crippen molar-refractivity contribution >= 4 is 51.8 Å². The summed E-state index contributed by atoms with van der Waals surface area (Å²) in [5.41, 5.74) is 4.53. The fourth-order valence-corrected chi connectivity index (χ4v) is 2.74. The number of carbonyl (C=O) groups excluding carboxylic acids is 1. The molecule has 2 rings (SSSR count). The van der Waals surface area contributed by atoms with Crippen LogP contribution in [0.25, 0.3) is 0 Å². The van der Waals surface area contributed by atoms with Crippen molar-refractivity contribution in [2.45, 2.75) is 0 Å². The Kier molecular flexibility index (Phi) is 6.89. The molecule has 0 aliphatic carbocycles. The summed E-state index contributed by atoms with van der Waals surface area (Å²) in [5, 5.41) is 17.9. The van der Waals surface area contributed by atoms with Gasteiger partial charge in [-0.3, -0.25) is 14.9 Å². The lowest BCUT2D eigenvalue weighted by Gasteiger charge is -2.14. The van der Waals surface area contributed by atoms with Crippen LogP contribution >= 0.6 is 22.6 Å². The van der Waals surface area contributed by atoms with Crippen molar-refractivity contribution in [3.05, 3.63) is 61.7 Å². The molecule has 2 N–H and O–H groups in total. The van der Waals surface area contributed by atoms with Gasteiger partial charge in [0.25, 0.3) is 11.6 Å². The molecule has 0 heterocycles. The maximum Gasteiger partial charge on any atom is 0.270 e. The second-order valence-corrected chi connectivity index (χ2v) is 6.68. The number of hydrogen-bond donors (Lipinski definition) is 2. The summed E-state index contributed by atoms with van der Waals surface area (Å²) in [5.74, 6) is -0.322. The molecule has 26 heavy (non-hydrogen) atoms. The molecular formula is C17H18IN5O3. The third-order valence-corrected chi connectivity index (χ3v) is 4.35. The van der Waals surface area contributed by atoms with E-state index in [0.29, 0.717) is 5.56 Å². The first kappa shape index (κ1) is 19.6. The van der Waals surface area contributed by atoms with E-state index in [0.717, 1.165) is 14.9 Å². The molecule has 0 unspecified atom stereocenters. The molecule has 2 aromatic carbocycles. The van der Waals surface area contributed by atoms with E-state index in [2.05, 4.69) is 38.4 Å². The number of amides is 1. The number of para-hydroxylation sites is 1. The highest BCUT2D eigenvalue weighted by molar-refractivity contribution is 14.1. The predicted octanol–water partition coefficient (Wildman–Crippen LogP) is 2.83. The molecular weight excluding hydrogens is 449 g/mol. The van der Waals surface area contributed by atoms with Crippen molar-refractivity contribution in [1.82, 2.24) is 5.43 Å². The van der Waals surface area contributed by atoms with Crippen LogP contribution in [-0.4, -0.2) is 37.7 Å². The second kappa shape index (κ2) is 9.13. The summed E-state index contributed by atoms with van der Waals surface area (Å²) in [6, 6.07) is 12.1. The summed E-state index contributed by atoms with van der Waals surface area (Å²) in [6.45, 7) is 0.0623. The fraction of sp³-hybridized carbons (Fsp3) is 0.176. The Balaban J connectivity index is 2.01. The highest BCUT2D eigenvalue weighted by Gasteiger charge is 2.11. The molecule has 0 aliphatic heterocycles. The number of nitrogens with zero attached hydrogens (tertiary/aromatic N) is 3. The van der Waals surface area contributed by atoms with Crippen LogP contribution in [0.1, 0.15) is 5.56 Å². The molecule has 0 bridgehead atoms. The summed E-state index contributed by atoms with van der Waals surface area (Å²) in [7, 11) is 3.64. The number of nitrogens with one attached hydrogen (secondary N) is 2. The van der Waals surface area contributed by atoms with Gasteiger partial charge in [-0.05, 0) is 40.8 Å². The van der Waals surface area contributed by atoms with E-state index >= 15 is 0 Å². The zero-order valence-corrected chi connectivity index (χ0v) is 16.4. The molecule has 0 saturated carbocycles. The largest absolute Gasteiger partial charge is 0.377 e. The number of halogens is 1. The Morgan fingerprint density at radius 3 is 2.69 bits per heavy atom. The van der Waals surface area contributed by atoms with E-state index in [4.69, 9.17) is 0 Å². The van der Waals surface area contributed by atoms with Crippen molar-refractivity contribution < 1.29 is 9.72 Å². The summed E-state index contributed by atoms with van der Waals surface area (Å²) < 4.78 is 1.01. The molecule has 0 saturated heterocycles. The molecule has 1 amide bonds. The monoisotopic (exact) mass is 467 g/mol. The second-order valence-electron chi connectivity index (χ2n) is 5.52. The molecule has 0 atom stereocenters. The van der Waals surface area contributed by atoms with Gasteiger partial charge in [-0.2, -0.15) is 5.10 Å². The number of carbonyl (C=O) groups is 1. The molecule has 0 aromatic heterocycles. The van der Waals surface area contributed by atoms with E-state index in [1.807, 2.05) is 43.3 Å². The van der Waals surface area contributed by atoms with Gasteiger partial charge in [0.15, 0.2) is 0 Å². The Hall–Kier alpha value is -2.69. The lowest BCUT2D eigenvalue weighted by atomic mass is 10.1. The van der Waals surface area contributed by atoms with E-state index in [9.17, 15) is 14.9 Å². The minimum Gasteiger partial charge on any atom is -0.377 e. The molecule has 9 heteroatoms. The Labute approximate surface area is 164 Å². The van der Waals surface area contributed by atoms with Crippen molar-refractivity contribution in [1.29, 1.82) is 0 Å². The highest BCUT2D eigenvalue weighted by atomic mass is 127. The van der Waals surface area contributed by atoms with E-state index in [1.165, 1.54) is 18.3 Å². The van der Waals surface area contributed by atoms with Crippen LogP contribution in [0.15, 0.2) is 47.6 Å². The Morgan fingerprint density at radius 2 is 2.04 bits per heavy atom. The number of nitro groups is 1. The predicted molar refractivity (Wildman–Crippen MR) is 111 cm³/mol. The van der Waals surface area contributed by atoms with Crippen LogP contribution in [0.5, 0.6) is 0 Å². The average Bonchev–Trinajstić information content (AvgIpc) is 2.60. The van der Waals surface area contributed by atoms with E-state index in [-0.39, 0.29) is 18.1 Å². The number of benzene rings is 2. The molecule has 136 valence electrons. The number of rotatable bonds is 7. The molecule has 0 spiro atoms. The average molecular weight is 467 g/mol. The zero-order valence-electron chi connectivity index (χ0n) is 14.3. The smallest absolute Gasteiger partial charge is 0.270 e. The van der Waals surface area contributed by atoms with Gasteiger partial charge < -0.3 is 10.2 Å². The molecule has 2 aromatic rings. The number of non-ortho nitro benzene ring substituents is 1. The van der Waals surface area contributed by atoms with Crippen LogP contribution in [0.4, 0.5) is 17.1 Å². The third kappa shape index (κ3) is 5.41. The van der Waals surface area contributed by atoms with Gasteiger partial charge in [0.1, 0.15) is 0 Å². The Bertz CT molecular complexity index is 839. The molecule has 0 radical (unpaired) electrons. The topological polar surface area (TPSA) is 99.9 Å². The van der Waals surface area contributed by atoms with Crippen molar-refractivity contribution in [2.75, 3.05) is 30.9 Å². The normalized spacial score (nSPS) is 10.6. The summed E-state index contributed by atoms with van der Waals surface area (Å²) in [4.78, 5) is 24.2. The van der Waals surface area contributed by atoms with E-state index < -0.39 is 4.92 Å². The molecule has 8 nitrogen and oxygen atoms in total. The lowest BCUT2D eigenvalue weighted by molar-refractivity contribution is -0.384. The molecule has 0 fully saturated rings. The van der Waals surface area contributed by atoms with Crippen LogP contribution < -0.4 is 15.6 Å². The van der Waals surface area contributed by atoms with E-state index in [1.54, 1.807) is 6.07 Å². The van der Waals surface area contributed by atoms with Crippen LogP contribution in [0.2, 0.25) is 0 Å². The number of anilines is 2. The zero-order chi connectivity index (χ0) is 19.1. The quantitative estimate of drug-likeness (QED) is 0.283. The van der Waals surface area contributed by atoms with Gasteiger partial charge in [-0.25, -0.2) is 5.43 Å². The highest BCUT2D eigenvalue weighted by Crippen LogP contribution is 2.22. The van der Waals surface area contributed by atoms with Gasteiger partial charge in [0.2, 0.25) is 0 Å². The van der Waals surface area contributed by atoms with Crippen molar-refractivity contribution in [2.24, 2.45) is 5.10 Å². The van der Waals surface area contributed by atoms with Gasteiger partial charge >= 0.3 is 0 Å². The number of hydrazone groups is 1. The summed E-state index contributed by atoms with van der Waals surface area (Å²) in [6.07, 6.45) is 1.40. The number of nitro benzene ring substituents is 1. The maximum absolute atomic E-state index is 11.9.